The van der Waals surface area contributed by atoms with Crippen molar-refractivity contribution in [1.29, 1.82) is 0 Å². The standard InChI is InChI=1S/C26H28N10O2/c1-3-21-31-25(32-22-10-9-18(15-28-22)24(37)30-19-7-5-4-6-8-19)34-26(33-21)36-13-11-35(12-14-36)23-20(38-2)16-27-17-29-23/h4-10,15-17H,3,11-14H2,1-2H3,(H,30,37)(H,28,31,32,33,34). The Kier molecular flexibility index (Phi) is 7.48. The van der Waals surface area contributed by atoms with E-state index in [9.17, 15) is 4.79 Å². The number of rotatable bonds is 8. The van der Waals surface area contributed by atoms with Crippen molar-refractivity contribution in [2.24, 2.45) is 0 Å². The quantitative estimate of drug-likeness (QED) is 0.361. The van der Waals surface area contributed by atoms with Crippen LogP contribution in [0.3, 0.4) is 0 Å². The van der Waals surface area contributed by atoms with Crippen LogP contribution in [0.1, 0.15) is 23.1 Å². The van der Waals surface area contributed by atoms with Gasteiger partial charge < -0.3 is 25.2 Å². The van der Waals surface area contributed by atoms with E-state index < -0.39 is 0 Å². The molecule has 0 bridgehead atoms. The van der Waals surface area contributed by atoms with Crippen molar-refractivity contribution in [1.82, 2.24) is 29.9 Å². The molecular weight excluding hydrogens is 484 g/mol. The van der Waals surface area contributed by atoms with Crippen molar-refractivity contribution >= 4 is 35.1 Å². The average molecular weight is 513 g/mol. The van der Waals surface area contributed by atoms with Gasteiger partial charge in [-0.2, -0.15) is 15.0 Å². The Labute approximate surface area is 220 Å². The van der Waals surface area contributed by atoms with Crippen LogP contribution in [0.15, 0.2) is 61.2 Å². The topological polar surface area (TPSA) is 134 Å². The third kappa shape index (κ3) is 5.75. The fourth-order valence-electron chi connectivity index (χ4n) is 4.01. The molecule has 38 heavy (non-hydrogen) atoms. The number of carbonyl (C=O) groups excluding carboxylic acids is 1. The number of hydrogen-bond donors (Lipinski definition) is 2. The average Bonchev–Trinajstić information content (AvgIpc) is 2.98. The smallest absolute Gasteiger partial charge is 0.257 e. The number of ether oxygens (including phenoxy) is 1. The number of carbonyl (C=O) groups is 1. The molecule has 1 aliphatic rings. The van der Waals surface area contributed by atoms with Crippen molar-refractivity contribution in [3.63, 3.8) is 0 Å². The molecule has 4 heterocycles. The first-order chi connectivity index (χ1) is 18.6. The van der Waals surface area contributed by atoms with Gasteiger partial charge in [0.25, 0.3) is 5.91 Å². The van der Waals surface area contributed by atoms with Crippen LogP contribution in [-0.2, 0) is 6.42 Å². The van der Waals surface area contributed by atoms with Gasteiger partial charge in [0.15, 0.2) is 11.6 Å². The number of pyridine rings is 1. The number of nitrogens with one attached hydrogen (secondary N) is 2. The molecule has 1 aromatic carbocycles. The zero-order chi connectivity index (χ0) is 26.3. The second-order valence-corrected chi connectivity index (χ2v) is 8.49. The van der Waals surface area contributed by atoms with E-state index in [0.717, 1.165) is 24.6 Å². The summed E-state index contributed by atoms with van der Waals surface area (Å²) in [5.74, 6) is 3.41. The third-order valence-corrected chi connectivity index (χ3v) is 6.02. The summed E-state index contributed by atoms with van der Waals surface area (Å²) in [6.45, 7) is 4.89. The van der Waals surface area contributed by atoms with E-state index >= 15 is 0 Å². The van der Waals surface area contributed by atoms with E-state index in [4.69, 9.17) is 4.74 Å². The highest BCUT2D eigenvalue weighted by atomic mass is 16.5. The molecule has 0 radical (unpaired) electrons. The third-order valence-electron chi connectivity index (χ3n) is 6.02. The monoisotopic (exact) mass is 512 g/mol. The predicted molar refractivity (Wildman–Crippen MR) is 144 cm³/mol. The molecule has 1 aliphatic heterocycles. The van der Waals surface area contributed by atoms with Crippen LogP contribution in [-0.4, -0.2) is 69.1 Å². The number of nitrogens with zero attached hydrogens (tertiary/aromatic N) is 8. The van der Waals surface area contributed by atoms with Crippen molar-refractivity contribution < 1.29 is 9.53 Å². The minimum absolute atomic E-state index is 0.232. The van der Waals surface area contributed by atoms with Crippen molar-refractivity contribution in [2.45, 2.75) is 13.3 Å². The Morgan fingerprint density at radius 3 is 2.45 bits per heavy atom. The zero-order valence-electron chi connectivity index (χ0n) is 21.2. The molecule has 1 fully saturated rings. The van der Waals surface area contributed by atoms with Gasteiger partial charge in [0.05, 0.1) is 18.9 Å². The molecule has 194 valence electrons. The molecule has 0 atom stereocenters. The number of aromatic nitrogens is 6. The molecular formula is C26H28N10O2. The van der Waals surface area contributed by atoms with Crippen molar-refractivity contribution in [3.8, 4) is 5.75 Å². The molecule has 3 aromatic heterocycles. The molecule has 0 spiro atoms. The lowest BCUT2D eigenvalue weighted by Gasteiger charge is -2.35. The van der Waals surface area contributed by atoms with E-state index in [0.29, 0.717) is 54.4 Å². The van der Waals surface area contributed by atoms with Crippen LogP contribution in [0, 0.1) is 0 Å². The number of hydrogen-bond acceptors (Lipinski definition) is 11. The molecule has 12 nitrogen and oxygen atoms in total. The summed E-state index contributed by atoms with van der Waals surface area (Å²) in [6.07, 6.45) is 5.37. The van der Waals surface area contributed by atoms with E-state index in [1.807, 2.05) is 37.3 Å². The lowest BCUT2D eigenvalue weighted by molar-refractivity contribution is 0.102. The lowest BCUT2D eigenvalue weighted by atomic mass is 10.2. The largest absolute Gasteiger partial charge is 0.491 e. The molecule has 1 saturated heterocycles. The highest BCUT2D eigenvalue weighted by molar-refractivity contribution is 6.04. The van der Waals surface area contributed by atoms with Gasteiger partial charge in [-0.25, -0.2) is 15.0 Å². The Balaban J connectivity index is 1.25. The molecule has 5 rings (SSSR count). The van der Waals surface area contributed by atoms with Crippen LogP contribution in [0.2, 0.25) is 0 Å². The maximum absolute atomic E-state index is 12.5. The summed E-state index contributed by atoms with van der Waals surface area (Å²) in [4.78, 5) is 43.4. The number of aryl methyl sites for hydroxylation is 1. The van der Waals surface area contributed by atoms with Gasteiger partial charge in [0, 0.05) is 44.5 Å². The van der Waals surface area contributed by atoms with Crippen LogP contribution in [0.25, 0.3) is 0 Å². The molecule has 12 heteroatoms. The predicted octanol–water partition coefficient (Wildman–Crippen LogP) is 2.95. The minimum Gasteiger partial charge on any atom is -0.491 e. The fourth-order valence-corrected chi connectivity index (χ4v) is 4.01. The normalized spacial score (nSPS) is 13.2. The maximum atomic E-state index is 12.5. The molecule has 2 N–H and O–H groups in total. The number of amides is 1. The van der Waals surface area contributed by atoms with Gasteiger partial charge >= 0.3 is 0 Å². The summed E-state index contributed by atoms with van der Waals surface area (Å²) < 4.78 is 5.41. The number of benzene rings is 1. The summed E-state index contributed by atoms with van der Waals surface area (Å²) in [5, 5.41) is 6.00. The molecule has 0 saturated carbocycles. The van der Waals surface area contributed by atoms with Gasteiger partial charge in [-0.05, 0) is 24.3 Å². The van der Waals surface area contributed by atoms with E-state index in [1.165, 1.54) is 12.5 Å². The highest BCUT2D eigenvalue weighted by Crippen LogP contribution is 2.26. The number of methoxy groups -OCH3 is 1. The van der Waals surface area contributed by atoms with Crippen LogP contribution in [0.4, 0.5) is 29.2 Å². The Morgan fingerprint density at radius 2 is 1.74 bits per heavy atom. The first-order valence-corrected chi connectivity index (χ1v) is 12.3. The first-order valence-electron chi connectivity index (χ1n) is 12.3. The summed E-state index contributed by atoms with van der Waals surface area (Å²) >= 11 is 0. The van der Waals surface area contributed by atoms with Gasteiger partial charge in [-0.3, -0.25) is 4.79 Å². The number of piperazine rings is 1. The van der Waals surface area contributed by atoms with Crippen molar-refractivity contribution in [2.75, 3.05) is 53.7 Å². The molecule has 4 aromatic rings. The van der Waals surface area contributed by atoms with E-state index in [2.05, 4.69) is 50.3 Å². The molecule has 0 aliphatic carbocycles. The van der Waals surface area contributed by atoms with Crippen molar-refractivity contribution in [3.05, 3.63) is 72.6 Å². The highest BCUT2D eigenvalue weighted by Gasteiger charge is 2.23. The number of para-hydroxylation sites is 1. The SMILES string of the molecule is CCc1nc(Nc2ccc(C(=O)Nc3ccccc3)cn2)nc(N2CCN(c3ncncc3OC)CC2)n1. The van der Waals surface area contributed by atoms with Gasteiger partial charge in [-0.1, -0.05) is 25.1 Å². The summed E-state index contributed by atoms with van der Waals surface area (Å²) in [6, 6.07) is 12.7. The number of anilines is 5. The molecule has 0 unspecified atom stereocenters. The van der Waals surface area contributed by atoms with Gasteiger partial charge in [0.1, 0.15) is 18.0 Å². The van der Waals surface area contributed by atoms with Crippen LogP contribution in [0.5, 0.6) is 5.75 Å². The Bertz CT molecular complexity index is 1380. The molecule has 1 amide bonds. The second kappa shape index (κ2) is 11.5. The minimum atomic E-state index is -0.232. The van der Waals surface area contributed by atoms with Gasteiger partial charge in [0.2, 0.25) is 11.9 Å². The Hall–Kier alpha value is -4.87. The lowest BCUT2D eigenvalue weighted by Crippen LogP contribution is -2.47. The Morgan fingerprint density at radius 1 is 0.947 bits per heavy atom. The summed E-state index contributed by atoms with van der Waals surface area (Å²) in [5.41, 5.74) is 1.17. The van der Waals surface area contributed by atoms with Crippen LogP contribution < -0.4 is 25.2 Å². The maximum Gasteiger partial charge on any atom is 0.257 e. The first kappa shape index (κ1) is 24.8. The summed E-state index contributed by atoms with van der Waals surface area (Å²) in [7, 11) is 1.62. The zero-order valence-corrected chi connectivity index (χ0v) is 21.2. The van der Waals surface area contributed by atoms with Gasteiger partial charge in [-0.15, -0.1) is 0 Å². The fraction of sp³-hybridized carbons (Fsp3) is 0.269. The van der Waals surface area contributed by atoms with Crippen LogP contribution >= 0.6 is 0 Å². The second-order valence-electron chi connectivity index (χ2n) is 8.49. The van der Waals surface area contributed by atoms with E-state index in [-0.39, 0.29) is 5.91 Å². The van der Waals surface area contributed by atoms with E-state index in [1.54, 1.807) is 25.4 Å².